The van der Waals surface area contributed by atoms with Crippen LogP contribution in [0.3, 0.4) is 0 Å². The number of ether oxygens (including phenoxy) is 1. The second kappa shape index (κ2) is 11.0. The molecule has 2 aromatic heterocycles. The van der Waals surface area contributed by atoms with Crippen LogP contribution in [0.5, 0.6) is 0 Å². The lowest BCUT2D eigenvalue weighted by Gasteiger charge is -2.30. The number of Topliss-reactive ketones (excluding diaryl/α,β-unsaturated/α-hetero) is 1. The summed E-state index contributed by atoms with van der Waals surface area (Å²) >= 11 is 1.57. The molecule has 1 saturated carbocycles. The first kappa shape index (κ1) is 28.7. The van der Waals surface area contributed by atoms with E-state index in [0.29, 0.717) is 42.9 Å². The van der Waals surface area contributed by atoms with E-state index in [1.807, 2.05) is 49.7 Å². The summed E-state index contributed by atoms with van der Waals surface area (Å²) in [5, 5.41) is 13.2. The minimum Gasteiger partial charge on any atom is -0.444 e. The quantitative estimate of drug-likeness (QED) is 0.342. The Bertz CT molecular complexity index is 1600. The van der Waals surface area contributed by atoms with E-state index in [1.165, 1.54) is 0 Å². The molecule has 2 aliphatic heterocycles. The maximum atomic E-state index is 14.6. The van der Waals surface area contributed by atoms with Crippen molar-refractivity contribution in [2.45, 2.75) is 57.2 Å². The first-order chi connectivity index (χ1) is 20.6. The summed E-state index contributed by atoms with van der Waals surface area (Å²) in [5.74, 6) is 0.361. The van der Waals surface area contributed by atoms with Crippen molar-refractivity contribution in [2.24, 2.45) is 16.8 Å². The number of thiophene rings is 1. The third-order valence-electron chi connectivity index (χ3n) is 8.31. The molecule has 3 aromatic rings. The van der Waals surface area contributed by atoms with Crippen molar-refractivity contribution < 1.29 is 19.1 Å². The van der Waals surface area contributed by atoms with E-state index in [1.54, 1.807) is 57.8 Å². The number of nitrogens with zero attached hydrogens (tertiary/aromatic N) is 5. The number of aromatic nitrogens is 1. The Kier molecular flexibility index (Phi) is 7.38. The average molecular weight is 596 g/mol. The van der Waals surface area contributed by atoms with E-state index in [0.717, 1.165) is 11.1 Å². The van der Waals surface area contributed by atoms with Crippen molar-refractivity contribution >= 4 is 35.0 Å². The number of piperidine rings is 1. The van der Waals surface area contributed by atoms with E-state index in [4.69, 9.17) is 15.0 Å². The van der Waals surface area contributed by atoms with Gasteiger partial charge in [-0.3, -0.25) is 24.5 Å². The molecule has 3 atom stereocenters. The number of benzene rings is 1. The van der Waals surface area contributed by atoms with E-state index in [9.17, 15) is 14.4 Å². The normalized spacial score (nSPS) is 24.4. The number of carbonyl (C=O) groups excluding carboxylic acids is 3. The molecule has 0 bridgehead atoms. The highest BCUT2D eigenvalue weighted by Gasteiger charge is 2.65. The van der Waals surface area contributed by atoms with Crippen LogP contribution in [0, 0.1) is 23.2 Å². The van der Waals surface area contributed by atoms with Crippen LogP contribution in [0.25, 0.3) is 0 Å². The molecule has 1 aliphatic carbocycles. The molecular weight excluding hydrogens is 562 g/mol. The standard InChI is InChI=1S/C33H33N5O4S/c1-32(2,3)42-31(41)37-18-25-26(19-37)29(25)38-28(14-27(39)24-6-4-22(17-34)5-7-24)36-33(30(38)40,16-23-10-13-43-20-23)15-21-8-11-35-12-9-21/h4-13,20,25-26,29H,14-16,18-19H2,1-3H3. The Morgan fingerprint density at radius 2 is 1.72 bits per heavy atom. The lowest BCUT2D eigenvalue weighted by Crippen LogP contribution is -2.49. The Balaban J connectivity index is 1.31. The number of pyridine rings is 1. The summed E-state index contributed by atoms with van der Waals surface area (Å²) in [6.45, 7) is 6.52. The van der Waals surface area contributed by atoms with Crippen molar-refractivity contribution in [1.82, 2.24) is 14.8 Å². The molecule has 6 rings (SSSR count). The number of fused-ring (bicyclic) bond motifs is 1. The molecule has 0 radical (unpaired) electrons. The second-order valence-corrected chi connectivity index (χ2v) is 13.3. The Labute approximate surface area is 254 Å². The van der Waals surface area contributed by atoms with Gasteiger partial charge in [-0.2, -0.15) is 16.6 Å². The first-order valence-corrected chi connectivity index (χ1v) is 15.3. The molecule has 2 amide bonds. The van der Waals surface area contributed by atoms with Gasteiger partial charge in [0.1, 0.15) is 17.0 Å². The zero-order valence-corrected chi connectivity index (χ0v) is 25.2. The lowest BCUT2D eigenvalue weighted by molar-refractivity contribution is -0.132. The van der Waals surface area contributed by atoms with Crippen LogP contribution >= 0.6 is 11.3 Å². The SMILES string of the molecule is CC(C)(C)OC(=O)N1CC2C(C1)C2N1C(=O)C(Cc2ccncc2)(Cc2ccsc2)N=C1CC(=O)c1ccc(C#N)cc1. The monoisotopic (exact) mass is 595 g/mol. The second-order valence-electron chi connectivity index (χ2n) is 12.6. The van der Waals surface area contributed by atoms with Crippen LogP contribution in [0.15, 0.2) is 70.6 Å². The molecule has 0 N–H and O–H groups in total. The van der Waals surface area contributed by atoms with Crippen molar-refractivity contribution in [3.63, 3.8) is 0 Å². The van der Waals surface area contributed by atoms with Crippen molar-refractivity contribution in [3.8, 4) is 6.07 Å². The van der Waals surface area contributed by atoms with Crippen molar-refractivity contribution in [1.29, 1.82) is 5.26 Å². The zero-order chi connectivity index (χ0) is 30.4. The van der Waals surface area contributed by atoms with E-state index in [-0.39, 0.29) is 42.1 Å². The average Bonchev–Trinajstić information content (AvgIpc) is 3.35. The molecule has 10 heteroatoms. The summed E-state index contributed by atoms with van der Waals surface area (Å²) in [6.07, 6.45) is 3.82. The van der Waals surface area contributed by atoms with Gasteiger partial charge in [0, 0.05) is 61.8 Å². The molecule has 43 heavy (non-hydrogen) atoms. The number of ketones is 1. The predicted molar refractivity (Wildman–Crippen MR) is 162 cm³/mol. The highest BCUT2D eigenvalue weighted by Crippen LogP contribution is 2.52. The molecular formula is C33H33N5O4S. The molecule has 4 heterocycles. The van der Waals surface area contributed by atoms with E-state index >= 15 is 0 Å². The number of amides is 2. The third kappa shape index (κ3) is 5.82. The molecule has 0 spiro atoms. The fraction of sp³-hybridized carbons (Fsp3) is 0.394. The smallest absolute Gasteiger partial charge is 0.410 e. The molecule has 2 fully saturated rings. The van der Waals surface area contributed by atoms with Gasteiger partial charge in [-0.05, 0) is 73.0 Å². The summed E-state index contributed by atoms with van der Waals surface area (Å²) in [4.78, 5) is 53.7. The molecule has 220 valence electrons. The number of rotatable bonds is 8. The van der Waals surface area contributed by atoms with Crippen LogP contribution in [-0.4, -0.2) is 68.7 Å². The van der Waals surface area contributed by atoms with Crippen LogP contribution in [0.1, 0.15) is 54.2 Å². The van der Waals surface area contributed by atoms with E-state index < -0.39 is 11.1 Å². The fourth-order valence-electron chi connectivity index (χ4n) is 6.31. The maximum absolute atomic E-state index is 14.6. The Morgan fingerprint density at radius 1 is 1.05 bits per heavy atom. The third-order valence-corrected chi connectivity index (χ3v) is 9.05. The molecule has 1 saturated heterocycles. The van der Waals surface area contributed by atoms with Gasteiger partial charge in [0.15, 0.2) is 5.78 Å². The van der Waals surface area contributed by atoms with Crippen LogP contribution in [-0.2, 0) is 22.4 Å². The lowest BCUT2D eigenvalue weighted by atomic mass is 9.85. The number of aliphatic imine (C=N–C) groups is 1. The van der Waals surface area contributed by atoms with Gasteiger partial charge < -0.3 is 9.64 Å². The molecule has 1 aromatic carbocycles. The minimum absolute atomic E-state index is 0.0366. The molecule has 3 unspecified atom stereocenters. The first-order valence-electron chi connectivity index (χ1n) is 14.4. The van der Waals surface area contributed by atoms with Crippen molar-refractivity contribution in [3.05, 3.63) is 87.9 Å². The Hall–Kier alpha value is -4.36. The van der Waals surface area contributed by atoms with Gasteiger partial charge in [-0.15, -0.1) is 0 Å². The summed E-state index contributed by atoms with van der Waals surface area (Å²) < 4.78 is 5.58. The van der Waals surface area contributed by atoms with Gasteiger partial charge in [0.05, 0.1) is 18.1 Å². The summed E-state index contributed by atoms with van der Waals surface area (Å²) in [7, 11) is 0. The largest absolute Gasteiger partial charge is 0.444 e. The molecule has 3 aliphatic rings. The maximum Gasteiger partial charge on any atom is 0.410 e. The number of hydrogen-bond donors (Lipinski definition) is 0. The van der Waals surface area contributed by atoms with Crippen LogP contribution in [0.2, 0.25) is 0 Å². The highest BCUT2D eigenvalue weighted by atomic mass is 32.1. The van der Waals surface area contributed by atoms with Gasteiger partial charge in [-0.1, -0.05) is 12.1 Å². The summed E-state index contributed by atoms with van der Waals surface area (Å²) in [5.41, 5.74) is 1.19. The minimum atomic E-state index is -1.11. The predicted octanol–water partition coefficient (Wildman–Crippen LogP) is 4.92. The van der Waals surface area contributed by atoms with E-state index in [2.05, 4.69) is 11.1 Å². The fourth-order valence-corrected chi connectivity index (χ4v) is 6.98. The van der Waals surface area contributed by atoms with Crippen LogP contribution < -0.4 is 0 Å². The highest BCUT2D eigenvalue weighted by molar-refractivity contribution is 7.07. The van der Waals surface area contributed by atoms with Gasteiger partial charge in [0.25, 0.3) is 5.91 Å². The number of hydrogen-bond acceptors (Lipinski definition) is 8. The number of amidine groups is 1. The number of likely N-dealkylation sites (tertiary alicyclic amines) is 1. The zero-order valence-electron chi connectivity index (χ0n) is 24.4. The van der Waals surface area contributed by atoms with Crippen LogP contribution in [0.4, 0.5) is 4.79 Å². The topological polar surface area (TPSA) is 116 Å². The summed E-state index contributed by atoms with van der Waals surface area (Å²) in [6, 6.07) is 14.3. The van der Waals surface area contributed by atoms with Gasteiger partial charge in [-0.25, -0.2) is 4.79 Å². The Morgan fingerprint density at radius 3 is 2.33 bits per heavy atom. The van der Waals surface area contributed by atoms with Crippen molar-refractivity contribution in [2.75, 3.05) is 13.1 Å². The number of carbonyl (C=O) groups is 3. The van der Waals surface area contributed by atoms with Gasteiger partial charge >= 0.3 is 6.09 Å². The number of nitriles is 1. The van der Waals surface area contributed by atoms with Gasteiger partial charge in [0.2, 0.25) is 0 Å². The molecule has 9 nitrogen and oxygen atoms in total.